The van der Waals surface area contributed by atoms with E-state index in [1.54, 1.807) is 0 Å². The highest BCUT2D eigenvalue weighted by molar-refractivity contribution is 5.89. The second-order valence-electron chi connectivity index (χ2n) is 5.31. The van der Waals surface area contributed by atoms with Crippen LogP contribution in [0.25, 0.3) is 0 Å². The third-order valence-corrected chi connectivity index (χ3v) is 3.53. The maximum atomic E-state index is 13.1. The summed E-state index contributed by atoms with van der Waals surface area (Å²) in [5.41, 5.74) is 4.97. The van der Waals surface area contributed by atoms with Crippen LogP contribution in [-0.2, 0) is 4.79 Å². The molecule has 1 aromatic carbocycles. The minimum Gasteiger partial charge on any atom is -0.370 e. The van der Waals surface area contributed by atoms with Crippen molar-refractivity contribution < 1.29 is 22.8 Å². The van der Waals surface area contributed by atoms with E-state index in [1.165, 1.54) is 4.90 Å². The van der Waals surface area contributed by atoms with Crippen LogP contribution >= 0.6 is 0 Å². The molecule has 0 radical (unpaired) electrons. The maximum Gasteiger partial charge on any atom is 0.321 e. The number of benzene rings is 1. The quantitative estimate of drug-likeness (QED) is 0.839. The van der Waals surface area contributed by atoms with Crippen molar-refractivity contribution in [1.82, 2.24) is 4.90 Å². The lowest BCUT2D eigenvalue weighted by molar-refractivity contribution is -0.119. The lowest BCUT2D eigenvalue weighted by Crippen LogP contribution is -2.43. The number of halogens is 3. The first kappa shape index (κ1) is 16.1. The minimum atomic E-state index is -1.59. The zero-order valence-electron chi connectivity index (χ0n) is 11.7. The molecule has 0 saturated carbocycles. The van der Waals surface area contributed by atoms with Gasteiger partial charge in [0.15, 0.2) is 17.5 Å². The molecule has 1 atom stereocenters. The Morgan fingerprint density at radius 3 is 2.50 bits per heavy atom. The van der Waals surface area contributed by atoms with Gasteiger partial charge in [-0.15, -0.1) is 0 Å². The third-order valence-electron chi connectivity index (χ3n) is 3.53. The van der Waals surface area contributed by atoms with Crippen LogP contribution in [0.5, 0.6) is 0 Å². The minimum absolute atomic E-state index is 0.0290. The Morgan fingerprint density at radius 2 is 1.91 bits per heavy atom. The number of urea groups is 1. The highest BCUT2D eigenvalue weighted by atomic mass is 19.2. The monoisotopic (exact) mass is 315 g/mol. The van der Waals surface area contributed by atoms with E-state index < -0.39 is 29.4 Å². The average molecular weight is 315 g/mol. The van der Waals surface area contributed by atoms with E-state index in [2.05, 4.69) is 5.32 Å². The van der Waals surface area contributed by atoms with Crippen molar-refractivity contribution >= 4 is 17.6 Å². The first-order chi connectivity index (χ1) is 10.4. The Hall–Kier alpha value is -2.25. The van der Waals surface area contributed by atoms with Crippen LogP contribution in [0.1, 0.15) is 19.3 Å². The number of rotatable bonds is 3. The molecule has 0 aliphatic carbocycles. The summed E-state index contributed by atoms with van der Waals surface area (Å²) >= 11 is 0. The number of nitrogens with one attached hydrogen (secondary N) is 1. The Morgan fingerprint density at radius 1 is 1.27 bits per heavy atom. The lowest BCUT2D eigenvalue weighted by Gasteiger charge is -2.32. The Balaban J connectivity index is 2.01. The summed E-state index contributed by atoms with van der Waals surface area (Å²) < 4.78 is 39.1. The summed E-state index contributed by atoms with van der Waals surface area (Å²) in [6.45, 7) is 0.800. The number of hydrogen-bond donors (Lipinski definition) is 2. The van der Waals surface area contributed by atoms with E-state index in [9.17, 15) is 22.8 Å². The van der Waals surface area contributed by atoms with Crippen LogP contribution in [0.3, 0.4) is 0 Å². The fourth-order valence-corrected chi connectivity index (χ4v) is 2.53. The Bertz CT molecular complexity index is 572. The molecule has 1 aliphatic heterocycles. The average Bonchev–Trinajstić information content (AvgIpc) is 2.44. The number of nitrogens with zero attached hydrogens (tertiary/aromatic N) is 1. The molecule has 120 valence electrons. The summed E-state index contributed by atoms with van der Waals surface area (Å²) in [6.07, 6.45) is 1.67. The van der Waals surface area contributed by atoms with Gasteiger partial charge in [-0.3, -0.25) is 4.79 Å². The van der Waals surface area contributed by atoms with E-state index in [0.29, 0.717) is 31.6 Å². The molecule has 1 fully saturated rings. The van der Waals surface area contributed by atoms with Crippen molar-refractivity contribution in [3.63, 3.8) is 0 Å². The van der Waals surface area contributed by atoms with Crippen molar-refractivity contribution in [2.45, 2.75) is 19.3 Å². The summed E-state index contributed by atoms with van der Waals surface area (Å²) in [4.78, 5) is 24.4. The molecule has 3 N–H and O–H groups in total. The molecule has 1 aliphatic rings. The number of primary amides is 1. The smallest absolute Gasteiger partial charge is 0.321 e. The fourth-order valence-electron chi connectivity index (χ4n) is 2.53. The number of piperidine rings is 1. The first-order valence-corrected chi connectivity index (χ1v) is 6.85. The molecule has 0 spiro atoms. The number of carbonyl (C=O) groups is 2. The van der Waals surface area contributed by atoms with Crippen molar-refractivity contribution in [3.05, 3.63) is 29.6 Å². The highest BCUT2D eigenvalue weighted by Gasteiger charge is 2.25. The predicted octanol–water partition coefficient (Wildman–Crippen LogP) is 2.22. The number of carbonyl (C=O) groups excluding carboxylic acids is 2. The largest absolute Gasteiger partial charge is 0.370 e. The molecule has 22 heavy (non-hydrogen) atoms. The van der Waals surface area contributed by atoms with Crippen LogP contribution < -0.4 is 11.1 Å². The van der Waals surface area contributed by atoms with Gasteiger partial charge in [0.1, 0.15) is 0 Å². The molecule has 3 amide bonds. The van der Waals surface area contributed by atoms with Crippen molar-refractivity contribution in [1.29, 1.82) is 0 Å². The summed E-state index contributed by atoms with van der Waals surface area (Å²) in [5.74, 6) is -4.80. The Labute approximate surface area is 125 Å². The van der Waals surface area contributed by atoms with Crippen molar-refractivity contribution in [2.24, 2.45) is 11.7 Å². The van der Waals surface area contributed by atoms with E-state index in [1.807, 2.05) is 0 Å². The number of amides is 3. The summed E-state index contributed by atoms with van der Waals surface area (Å²) in [7, 11) is 0. The van der Waals surface area contributed by atoms with Gasteiger partial charge in [-0.05, 0) is 18.8 Å². The number of nitrogens with two attached hydrogens (primary N) is 1. The van der Waals surface area contributed by atoms with Gasteiger partial charge >= 0.3 is 6.03 Å². The fraction of sp³-hybridized carbons (Fsp3) is 0.429. The maximum absolute atomic E-state index is 13.1. The molecule has 1 aromatic rings. The van der Waals surface area contributed by atoms with Crippen molar-refractivity contribution in [3.8, 4) is 0 Å². The molecule has 1 heterocycles. The van der Waals surface area contributed by atoms with Crippen LogP contribution in [0.15, 0.2) is 12.1 Å². The highest BCUT2D eigenvalue weighted by Crippen LogP contribution is 2.21. The second-order valence-corrected chi connectivity index (χ2v) is 5.31. The Kier molecular flexibility index (Phi) is 4.89. The van der Waals surface area contributed by atoms with E-state index in [-0.39, 0.29) is 18.0 Å². The zero-order valence-corrected chi connectivity index (χ0v) is 11.7. The normalized spacial score (nSPS) is 18.1. The van der Waals surface area contributed by atoms with Crippen molar-refractivity contribution in [2.75, 3.05) is 18.4 Å². The standard InChI is InChI=1S/C14H16F3N3O2/c15-10-5-9(6-11(16)13(10)17)19-14(22)20-3-1-2-8(7-20)4-12(18)21/h5-6,8H,1-4,7H2,(H2,18,21)(H,19,22). The van der Waals surface area contributed by atoms with Crippen LogP contribution in [0.4, 0.5) is 23.7 Å². The van der Waals surface area contributed by atoms with Gasteiger partial charge in [-0.25, -0.2) is 18.0 Å². The van der Waals surface area contributed by atoms with Gasteiger partial charge in [0.05, 0.1) is 0 Å². The molecule has 2 rings (SSSR count). The van der Waals surface area contributed by atoms with E-state index in [0.717, 1.165) is 6.42 Å². The molecule has 0 bridgehead atoms. The molecule has 1 saturated heterocycles. The molecule has 5 nitrogen and oxygen atoms in total. The molecule has 1 unspecified atom stereocenters. The third kappa shape index (κ3) is 3.90. The topological polar surface area (TPSA) is 75.4 Å². The lowest BCUT2D eigenvalue weighted by atomic mass is 9.95. The molecular formula is C14H16F3N3O2. The summed E-state index contributed by atoms with van der Waals surface area (Å²) in [6, 6.07) is 0.863. The summed E-state index contributed by atoms with van der Waals surface area (Å²) in [5, 5.41) is 2.32. The molecular weight excluding hydrogens is 299 g/mol. The number of hydrogen-bond acceptors (Lipinski definition) is 2. The van der Waals surface area contributed by atoms with Gasteiger partial charge in [0.25, 0.3) is 0 Å². The van der Waals surface area contributed by atoms with Crippen LogP contribution in [0.2, 0.25) is 0 Å². The van der Waals surface area contributed by atoms with E-state index in [4.69, 9.17) is 5.73 Å². The van der Waals surface area contributed by atoms with Gasteiger partial charge < -0.3 is 16.0 Å². The SMILES string of the molecule is NC(=O)CC1CCCN(C(=O)Nc2cc(F)c(F)c(F)c2)C1. The van der Waals surface area contributed by atoms with E-state index >= 15 is 0 Å². The van der Waals surface area contributed by atoms with Gasteiger partial charge in [0, 0.05) is 37.3 Å². The van der Waals surface area contributed by atoms with Gasteiger partial charge in [0.2, 0.25) is 5.91 Å². The zero-order chi connectivity index (χ0) is 16.3. The van der Waals surface area contributed by atoms with Gasteiger partial charge in [-0.1, -0.05) is 0 Å². The number of likely N-dealkylation sites (tertiary alicyclic amines) is 1. The second kappa shape index (κ2) is 6.67. The van der Waals surface area contributed by atoms with Crippen LogP contribution in [-0.4, -0.2) is 29.9 Å². The van der Waals surface area contributed by atoms with Crippen LogP contribution in [0, 0.1) is 23.4 Å². The van der Waals surface area contributed by atoms with Gasteiger partial charge in [-0.2, -0.15) is 0 Å². The first-order valence-electron chi connectivity index (χ1n) is 6.85. The predicted molar refractivity (Wildman–Crippen MR) is 73.4 cm³/mol. The number of anilines is 1. The molecule has 0 aromatic heterocycles. The molecule has 8 heteroatoms.